The van der Waals surface area contributed by atoms with Gasteiger partial charge in [0.25, 0.3) is 5.91 Å². The summed E-state index contributed by atoms with van der Waals surface area (Å²) in [7, 11) is 0. The largest absolute Gasteiger partial charge is 0.489 e. The fourth-order valence-electron chi connectivity index (χ4n) is 2.40. The molecule has 27 heavy (non-hydrogen) atoms. The average Bonchev–Trinajstić information content (AvgIpc) is 2.70. The van der Waals surface area contributed by atoms with Gasteiger partial charge in [-0.15, -0.1) is 0 Å². The molecule has 3 rings (SSSR count). The third kappa shape index (κ3) is 5.31. The van der Waals surface area contributed by atoms with Gasteiger partial charge >= 0.3 is 0 Å². The number of hydrogen-bond acceptors (Lipinski definition) is 3. The molecule has 1 amide bonds. The average molecular weight is 365 g/mol. The number of para-hydroxylation sites is 1. The molecule has 0 fully saturated rings. The summed E-state index contributed by atoms with van der Waals surface area (Å²) in [4.78, 5) is 12.2. The molecule has 0 aliphatic rings. The number of anilines is 1. The van der Waals surface area contributed by atoms with E-state index in [1.54, 1.807) is 43.3 Å². The fourth-order valence-corrected chi connectivity index (χ4v) is 2.40. The van der Waals surface area contributed by atoms with Crippen molar-refractivity contribution in [3.8, 4) is 11.5 Å². The molecule has 0 aliphatic heterocycles. The molecule has 0 saturated heterocycles. The zero-order chi connectivity index (χ0) is 19.1. The second-order valence-corrected chi connectivity index (χ2v) is 5.98. The molecule has 0 spiro atoms. The van der Waals surface area contributed by atoms with E-state index >= 15 is 0 Å². The monoisotopic (exact) mass is 365 g/mol. The molecule has 1 N–H and O–H groups in total. The van der Waals surface area contributed by atoms with Crippen LogP contribution in [0.3, 0.4) is 0 Å². The Labute approximate surface area is 157 Å². The van der Waals surface area contributed by atoms with Crippen LogP contribution in [0.1, 0.15) is 12.5 Å². The van der Waals surface area contributed by atoms with E-state index in [1.165, 1.54) is 12.1 Å². The number of nitrogens with one attached hydrogen (secondary N) is 1. The van der Waals surface area contributed by atoms with Crippen LogP contribution in [0.5, 0.6) is 11.5 Å². The van der Waals surface area contributed by atoms with E-state index in [-0.39, 0.29) is 11.7 Å². The highest BCUT2D eigenvalue weighted by Crippen LogP contribution is 2.19. The Morgan fingerprint density at radius 3 is 2.33 bits per heavy atom. The highest BCUT2D eigenvalue weighted by Gasteiger charge is 2.16. The number of halogens is 1. The van der Waals surface area contributed by atoms with Crippen LogP contribution in [0, 0.1) is 5.82 Å². The smallest absolute Gasteiger partial charge is 0.265 e. The first-order valence-corrected chi connectivity index (χ1v) is 8.60. The zero-order valence-corrected chi connectivity index (χ0v) is 14.9. The second kappa shape index (κ2) is 8.85. The summed E-state index contributed by atoms with van der Waals surface area (Å²) in [6.45, 7) is 2.04. The predicted molar refractivity (Wildman–Crippen MR) is 102 cm³/mol. The van der Waals surface area contributed by atoms with Crippen molar-refractivity contribution in [2.24, 2.45) is 0 Å². The van der Waals surface area contributed by atoms with E-state index in [1.807, 2.05) is 30.3 Å². The maximum Gasteiger partial charge on any atom is 0.265 e. The number of carbonyl (C=O) groups is 1. The second-order valence-electron chi connectivity index (χ2n) is 5.98. The summed E-state index contributed by atoms with van der Waals surface area (Å²) in [6, 6.07) is 22.9. The minimum atomic E-state index is -0.837. The lowest BCUT2D eigenvalue weighted by molar-refractivity contribution is -0.122. The Hall–Kier alpha value is -3.34. The Bertz CT molecular complexity index is 882. The van der Waals surface area contributed by atoms with E-state index < -0.39 is 11.9 Å². The highest BCUT2D eigenvalue weighted by molar-refractivity contribution is 5.94. The summed E-state index contributed by atoms with van der Waals surface area (Å²) >= 11 is 0. The maximum absolute atomic E-state index is 13.6. The lowest BCUT2D eigenvalue weighted by Crippen LogP contribution is -2.30. The van der Waals surface area contributed by atoms with Crippen LogP contribution >= 0.6 is 0 Å². The molecule has 3 aromatic carbocycles. The van der Waals surface area contributed by atoms with Gasteiger partial charge in [0.1, 0.15) is 12.4 Å². The molecule has 0 aliphatic carbocycles. The Kier molecular flexibility index (Phi) is 6.05. The molecule has 0 radical (unpaired) electrons. The van der Waals surface area contributed by atoms with E-state index in [4.69, 9.17) is 9.47 Å². The molecule has 5 heteroatoms. The summed E-state index contributed by atoms with van der Waals surface area (Å²) in [5, 5.41) is 2.74. The molecule has 1 atom stereocenters. The molecule has 1 unspecified atom stereocenters. The fraction of sp³-hybridized carbons (Fsp3) is 0.136. The standard InChI is InChI=1S/C22H20FNO3/c1-16(27-21-10-6-5-9-20(21)23)22(25)24-18-11-13-19(14-12-18)26-15-17-7-3-2-4-8-17/h2-14,16H,15H2,1H3,(H,24,25). The first-order valence-electron chi connectivity index (χ1n) is 8.60. The van der Waals surface area contributed by atoms with Crippen molar-refractivity contribution < 1.29 is 18.7 Å². The van der Waals surface area contributed by atoms with Gasteiger partial charge in [-0.25, -0.2) is 4.39 Å². The van der Waals surface area contributed by atoms with Crippen molar-refractivity contribution in [2.75, 3.05) is 5.32 Å². The van der Waals surface area contributed by atoms with Gasteiger partial charge < -0.3 is 14.8 Å². The molecule has 0 bridgehead atoms. The summed E-state index contributed by atoms with van der Waals surface area (Å²) in [5.74, 6) is -0.120. The van der Waals surface area contributed by atoms with E-state index in [2.05, 4.69) is 5.32 Å². The Balaban J connectivity index is 1.52. The first-order chi connectivity index (χ1) is 13.1. The molecule has 4 nitrogen and oxygen atoms in total. The van der Waals surface area contributed by atoms with Crippen LogP contribution < -0.4 is 14.8 Å². The molecular formula is C22H20FNO3. The van der Waals surface area contributed by atoms with Crippen molar-refractivity contribution in [2.45, 2.75) is 19.6 Å². The van der Waals surface area contributed by atoms with Gasteiger partial charge in [0.15, 0.2) is 17.7 Å². The molecule has 138 valence electrons. The summed E-state index contributed by atoms with van der Waals surface area (Å²) < 4.78 is 24.7. The van der Waals surface area contributed by atoms with Gasteiger partial charge in [-0.1, -0.05) is 42.5 Å². The highest BCUT2D eigenvalue weighted by atomic mass is 19.1. The SMILES string of the molecule is CC(Oc1ccccc1F)C(=O)Nc1ccc(OCc2ccccc2)cc1. The third-order valence-electron chi connectivity index (χ3n) is 3.88. The maximum atomic E-state index is 13.6. The topological polar surface area (TPSA) is 47.6 Å². The van der Waals surface area contributed by atoms with Gasteiger partial charge in [0.2, 0.25) is 0 Å². The van der Waals surface area contributed by atoms with Gasteiger partial charge in [-0.3, -0.25) is 4.79 Å². The van der Waals surface area contributed by atoms with Crippen molar-refractivity contribution >= 4 is 11.6 Å². The van der Waals surface area contributed by atoms with Gasteiger partial charge in [-0.2, -0.15) is 0 Å². The van der Waals surface area contributed by atoms with Gasteiger partial charge in [0, 0.05) is 5.69 Å². The van der Waals surface area contributed by atoms with Crippen LogP contribution in [-0.2, 0) is 11.4 Å². The number of carbonyl (C=O) groups excluding carboxylic acids is 1. The quantitative estimate of drug-likeness (QED) is 0.654. The zero-order valence-electron chi connectivity index (χ0n) is 14.9. The first kappa shape index (κ1) is 18.5. The molecule has 0 aromatic heterocycles. The number of hydrogen-bond donors (Lipinski definition) is 1. The van der Waals surface area contributed by atoms with Crippen LogP contribution in [0.25, 0.3) is 0 Å². The number of rotatable bonds is 7. The molecule has 3 aromatic rings. The van der Waals surface area contributed by atoms with E-state index in [0.717, 1.165) is 5.56 Å². The summed E-state index contributed by atoms with van der Waals surface area (Å²) in [5.41, 5.74) is 1.69. The van der Waals surface area contributed by atoms with Crippen LogP contribution in [0.15, 0.2) is 78.9 Å². The molecule has 0 heterocycles. The Morgan fingerprint density at radius 2 is 1.63 bits per heavy atom. The lowest BCUT2D eigenvalue weighted by atomic mass is 10.2. The third-order valence-corrected chi connectivity index (χ3v) is 3.88. The van der Waals surface area contributed by atoms with Crippen molar-refractivity contribution in [1.29, 1.82) is 0 Å². The molecule has 0 saturated carbocycles. The number of amides is 1. The summed E-state index contributed by atoms with van der Waals surface area (Å²) in [6.07, 6.45) is -0.837. The van der Waals surface area contributed by atoms with Gasteiger partial charge in [-0.05, 0) is 48.9 Å². The van der Waals surface area contributed by atoms with Crippen molar-refractivity contribution in [3.05, 3.63) is 90.2 Å². The molecular weight excluding hydrogens is 345 g/mol. The van der Waals surface area contributed by atoms with Crippen LogP contribution in [0.4, 0.5) is 10.1 Å². The van der Waals surface area contributed by atoms with Crippen LogP contribution in [0.2, 0.25) is 0 Å². The minimum Gasteiger partial charge on any atom is -0.489 e. The van der Waals surface area contributed by atoms with E-state index in [9.17, 15) is 9.18 Å². The van der Waals surface area contributed by atoms with E-state index in [0.29, 0.717) is 18.0 Å². The number of ether oxygens (including phenoxy) is 2. The van der Waals surface area contributed by atoms with Crippen LogP contribution in [-0.4, -0.2) is 12.0 Å². The van der Waals surface area contributed by atoms with Crippen molar-refractivity contribution in [3.63, 3.8) is 0 Å². The number of benzene rings is 3. The minimum absolute atomic E-state index is 0.0461. The normalized spacial score (nSPS) is 11.5. The van der Waals surface area contributed by atoms with Gasteiger partial charge in [0.05, 0.1) is 0 Å². The lowest BCUT2D eigenvalue weighted by Gasteiger charge is -2.15. The predicted octanol–water partition coefficient (Wildman–Crippen LogP) is 4.81. The Morgan fingerprint density at radius 1 is 0.963 bits per heavy atom. The van der Waals surface area contributed by atoms with Crippen molar-refractivity contribution in [1.82, 2.24) is 0 Å².